The van der Waals surface area contributed by atoms with E-state index < -0.39 is 30.1 Å². The molecule has 0 saturated heterocycles. The van der Waals surface area contributed by atoms with Crippen LogP contribution in [0.1, 0.15) is 43.7 Å². The second-order valence-electron chi connectivity index (χ2n) is 8.51. The summed E-state index contributed by atoms with van der Waals surface area (Å²) in [5, 5.41) is 14.6. The average Bonchev–Trinajstić information content (AvgIpc) is 3.16. The number of aliphatic carboxylic acids is 1. The van der Waals surface area contributed by atoms with Crippen LogP contribution >= 0.6 is 0 Å². The highest BCUT2D eigenvalue weighted by molar-refractivity contribution is 5.89. The van der Waals surface area contributed by atoms with Crippen LogP contribution in [0.2, 0.25) is 0 Å². The minimum atomic E-state index is -1.12. The van der Waals surface area contributed by atoms with Crippen molar-refractivity contribution in [3.8, 4) is 11.1 Å². The molecule has 0 radical (unpaired) electrons. The molecule has 0 bridgehead atoms. The van der Waals surface area contributed by atoms with Gasteiger partial charge in [-0.15, -0.1) is 0 Å². The van der Waals surface area contributed by atoms with Crippen molar-refractivity contribution in [2.24, 2.45) is 5.92 Å². The summed E-state index contributed by atoms with van der Waals surface area (Å²) in [5.41, 5.74) is 4.41. The van der Waals surface area contributed by atoms with E-state index in [1.54, 1.807) is 6.92 Å². The van der Waals surface area contributed by atoms with E-state index in [1.807, 2.05) is 43.3 Å². The Morgan fingerprint density at radius 3 is 2.12 bits per heavy atom. The molecule has 1 aliphatic carbocycles. The van der Waals surface area contributed by atoms with E-state index in [9.17, 15) is 19.5 Å². The van der Waals surface area contributed by atoms with Crippen LogP contribution < -0.4 is 10.6 Å². The quantitative estimate of drug-likeness (QED) is 0.465. The Bertz CT molecular complexity index is 978. The third kappa shape index (κ3) is 5.75. The Hall–Kier alpha value is -3.39. The zero-order chi connectivity index (χ0) is 24.7. The lowest BCUT2D eigenvalue weighted by atomic mass is 9.98. The average molecular weight is 469 g/mol. The fourth-order valence-corrected chi connectivity index (χ4v) is 4.22. The fraction of sp³-hybridized carbons (Fsp3) is 0.423. The van der Waals surface area contributed by atoms with E-state index in [0.29, 0.717) is 6.42 Å². The number of rotatable bonds is 11. The number of carboxylic acids is 1. The third-order valence-electron chi connectivity index (χ3n) is 6.34. The summed E-state index contributed by atoms with van der Waals surface area (Å²) in [7, 11) is 1.49. The first kappa shape index (κ1) is 25.2. The highest BCUT2D eigenvalue weighted by Crippen LogP contribution is 2.44. The molecule has 0 fully saturated rings. The topological polar surface area (TPSA) is 114 Å². The van der Waals surface area contributed by atoms with Crippen molar-refractivity contribution in [3.63, 3.8) is 0 Å². The molecule has 8 nitrogen and oxygen atoms in total. The molecule has 2 amide bonds. The normalized spacial score (nSPS) is 14.9. The zero-order valence-corrected chi connectivity index (χ0v) is 19.7. The molecule has 0 spiro atoms. The van der Waals surface area contributed by atoms with E-state index in [4.69, 9.17) is 9.47 Å². The largest absolute Gasteiger partial charge is 0.480 e. The van der Waals surface area contributed by atoms with Crippen LogP contribution in [0.4, 0.5) is 4.79 Å². The van der Waals surface area contributed by atoms with Crippen LogP contribution in [0.3, 0.4) is 0 Å². The van der Waals surface area contributed by atoms with Crippen molar-refractivity contribution in [2.45, 2.75) is 44.7 Å². The van der Waals surface area contributed by atoms with Gasteiger partial charge in [-0.3, -0.25) is 4.79 Å². The molecule has 3 N–H and O–H groups in total. The number of nitrogens with one attached hydrogen (secondary N) is 2. The molecule has 3 rings (SSSR count). The Balaban J connectivity index is 1.66. The van der Waals surface area contributed by atoms with Gasteiger partial charge in [0.15, 0.2) is 0 Å². The van der Waals surface area contributed by atoms with Gasteiger partial charge < -0.3 is 25.2 Å². The lowest BCUT2D eigenvalue weighted by molar-refractivity contribution is -0.143. The summed E-state index contributed by atoms with van der Waals surface area (Å²) in [5.74, 6) is -2.07. The monoisotopic (exact) mass is 468 g/mol. The number of hydrogen-bond acceptors (Lipinski definition) is 5. The number of benzene rings is 2. The van der Waals surface area contributed by atoms with Crippen LogP contribution in [-0.4, -0.2) is 55.5 Å². The van der Waals surface area contributed by atoms with E-state index in [1.165, 1.54) is 7.11 Å². The van der Waals surface area contributed by atoms with E-state index in [2.05, 4.69) is 22.8 Å². The molecule has 2 aromatic rings. The first-order valence-electron chi connectivity index (χ1n) is 11.5. The number of alkyl carbamates (subject to hydrolysis) is 1. The molecule has 1 aliphatic rings. The number of carbonyl (C=O) groups is 3. The minimum absolute atomic E-state index is 0.105. The molecule has 0 saturated carbocycles. The van der Waals surface area contributed by atoms with Gasteiger partial charge >= 0.3 is 12.1 Å². The molecule has 0 aliphatic heterocycles. The molecule has 34 heavy (non-hydrogen) atoms. The molecular formula is C26H32N2O6. The van der Waals surface area contributed by atoms with Crippen molar-refractivity contribution in [3.05, 3.63) is 59.7 Å². The van der Waals surface area contributed by atoms with Gasteiger partial charge in [-0.05, 0) is 28.2 Å². The Labute approximate surface area is 199 Å². The SMILES string of the molecule is CCC(C)C(NC(=O)C(CCOC)NC(=O)OCC1c2ccccc2-c2ccccc21)C(=O)O. The van der Waals surface area contributed by atoms with Crippen molar-refractivity contribution in [2.75, 3.05) is 20.3 Å². The molecule has 3 unspecified atom stereocenters. The number of carboxylic acid groups (broad SMARTS) is 1. The van der Waals surface area contributed by atoms with Gasteiger partial charge in [0.1, 0.15) is 18.7 Å². The Kier molecular flexibility index (Phi) is 8.65. The predicted octanol–water partition coefficient (Wildman–Crippen LogP) is 3.55. The zero-order valence-electron chi connectivity index (χ0n) is 19.7. The van der Waals surface area contributed by atoms with Gasteiger partial charge in [-0.2, -0.15) is 0 Å². The van der Waals surface area contributed by atoms with Gasteiger partial charge in [0, 0.05) is 26.1 Å². The summed E-state index contributed by atoms with van der Waals surface area (Å²) in [4.78, 5) is 37.0. The highest BCUT2D eigenvalue weighted by Gasteiger charge is 2.31. The van der Waals surface area contributed by atoms with Crippen molar-refractivity contribution in [1.29, 1.82) is 0 Å². The first-order valence-corrected chi connectivity index (χ1v) is 11.5. The van der Waals surface area contributed by atoms with Crippen LogP contribution in [0.25, 0.3) is 11.1 Å². The number of ether oxygens (including phenoxy) is 2. The third-order valence-corrected chi connectivity index (χ3v) is 6.34. The summed E-state index contributed by atoms with van der Waals surface area (Å²) in [6.07, 6.45) is 0.0210. The summed E-state index contributed by atoms with van der Waals surface area (Å²) >= 11 is 0. The van der Waals surface area contributed by atoms with Crippen molar-refractivity contribution in [1.82, 2.24) is 10.6 Å². The standard InChI is InChI=1S/C26H32N2O6/c1-4-16(2)23(25(30)31)28-24(29)22(13-14-33-3)27-26(32)34-15-21-19-11-7-5-9-17(19)18-10-6-8-12-20(18)21/h5-12,16,21-23H,4,13-15H2,1-3H3,(H,27,32)(H,28,29)(H,30,31). The lowest BCUT2D eigenvalue weighted by Crippen LogP contribution is -2.53. The van der Waals surface area contributed by atoms with Crippen LogP contribution in [-0.2, 0) is 19.1 Å². The number of carbonyl (C=O) groups excluding carboxylic acids is 2. The molecule has 3 atom stereocenters. The van der Waals surface area contributed by atoms with E-state index >= 15 is 0 Å². The van der Waals surface area contributed by atoms with Gasteiger partial charge in [0.2, 0.25) is 5.91 Å². The molecular weight excluding hydrogens is 436 g/mol. The number of amides is 2. The van der Waals surface area contributed by atoms with Crippen molar-refractivity contribution >= 4 is 18.0 Å². The van der Waals surface area contributed by atoms with Gasteiger partial charge in [-0.25, -0.2) is 9.59 Å². The second kappa shape index (κ2) is 11.7. The molecule has 0 heterocycles. The highest BCUT2D eigenvalue weighted by atomic mass is 16.5. The molecule has 8 heteroatoms. The second-order valence-corrected chi connectivity index (χ2v) is 8.51. The smallest absolute Gasteiger partial charge is 0.407 e. The molecule has 182 valence electrons. The van der Waals surface area contributed by atoms with Crippen molar-refractivity contribution < 1.29 is 29.0 Å². The summed E-state index contributed by atoms with van der Waals surface area (Å²) in [6.45, 7) is 3.93. The van der Waals surface area contributed by atoms with Crippen LogP contribution in [0, 0.1) is 5.92 Å². The van der Waals surface area contributed by atoms with E-state index in [0.717, 1.165) is 22.3 Å². The number of fused-ring (bicyclic) bond motifs is 3. The fourth-order valence-electron chi connectivity index (χ4n) is 4.22. The molecule has 2 aromatic carbocycles. The number of hydrogen-bond donors (Lipinski definition) is 3. The van der Waals surface area contributed by atoms with Crippen LogP contribution in [0.5, 0.6) is 0 Å². The summed E-state index contributed by atoms with van der Waals surface area (Å²) in [6, 6.07) is 14.0. The maximum atomic E-state index is 12.8. The first-order chi connectivity index (χ1) is 16.4. The predicted molar refractivity (Wildman–Crippen MR) is 128 cm³/mol. The summed E-state index contributed by atoms with van der Waals surface area (Å²) < 4.78 is 10.6. The Morgan fingerprint density at radius 1 is 1.00 bits per heavy atom. The number of methoxy groups -OCH3 is 1. The van der Waals surface area contributed by atoms with E-state index in [-0.39, 0.29) is 31.5 Å². The van der Waals surface area contributed by atoms with Gasteiger partial charge in [-0.1, -0.05) is 68.8 Å². The maximum Gasteiger partial charge on any atom is 0.407 e. The van der Waals surface area contributed by atoms with Gasteiger partial charge in [0.25, 0.3) is 0 Å². The minimum Gasteiger partial charge on any atom is -0.480 e. The van der Waals surface area contributed by atoms with Gasteiger partial charge in [0.05, 0.1) is 0 Å². The molecule has 0 aromatic heterocycles. The Morgan fingerprint density at radius 2 is 1.59 bits per heavy atom. The maximum absolute atomic E-state index is 12.8. The lowest BCUT2D eigenvalue weighted by Gasteiger charge is -2.24. The van der Waals surface area contributed by atoms with Crippen LogP contribution in [0.15, 0.2) is 48.5 Å².